The van der Waals surface area contributed by atoms with E-state index in [1.807, 2.05) is 0 Å². The fourth-order valence-electron chi connectivity index (χ4n) is 3.38. The molecule has 0 radical (unpaired) electrons. The Morgan fingerprint density at radius 3 is 2.97 bits per heavy atom. The summed E-state index contributed by atoms with van der Waals surface area (Å²) in [7, 11) is 0. The maximum atomic E-state index is 12.6. The van der Waals surface area contributed by atoms with Crippen molar-refractivity contribution in [2.24, 2.45) is 0 Å². The van der Waals surface area contributed by atoms with E-state index in [0.717, 1.165) is 41.5 Å². The van der Waals surface area contributed by atoms with Crippen LogP contribution >= 0.6 is 23.1 Å². The molecule has 0 aliphatic heterocycles. The number of aromatic amines is 2. The number of esters is 1. The lowest BCUT2D eigenvalue weighted by Crippen LogP contribution is -2.22. The van der Waals surface area contributed by atoms with Gasteiger partial charge in [-0.05, 0) is 50.3 Å². The highest BCUT2D eigenvalue weighted by Crippen LogP contribution is 2.33. The summed E-state index contributed by atoms with van der Waals surface area (Å²) in [5.41, 5.74) is 1.47. The number of hydrogen-bond donors (Lipinski definition) is 2. The van der Waals surface area contributed by atoms with Crippen LogP contribution in [0.1, 0.15) is 46.5 Å². The van der Waals surface area contributed by atoms with Crippen LogP contribution in [0.2, 0.25) is 0 Å². The number of aromatic nitrogens is 3. The van der Waals surface area contributed by atoms with Crippen LogP contribution in [0.15, 0.2) is 23.1 Å². The van der Waals surface area contributed by atoms with E-state index in [1.54, 1.807) is 36.6 Å². The average molecular weight is 432 g/mol. The minimum atomic E-state index is -0.482. The molecular formula is C20H21N3O4S2. The van der Waals surface area contributed by atoms with Gasteiger partial charge in [-0.25, -0.2) is 4.98 Å². The summed E-state index contributed by atoms with van der Waals surface area (Å²) in [6.07, 6.45) is 5.87. The van der Waals surface area contributed by atoms with Crippen molar-refractivity contribution < 1.29 is 14.3 Å². The molecule has 7 nitrogen and oxygen atoms in total. The predicted molar refractivity (Wildman–Crippen MR) is 114 cm³/mol. The molecule has 0 saturated heterocycles. The molecule has 0 spiro atoms. The second-order valence-corrected chi connectivity index (χ2v) is 9.38. The van der Waals surface area contributed by atoms with Gasteiger partial charge in [0.15, 0.2) is 6.61 Å². The molecule has 3 aromatic heterocycles. The molecule has 1 aliphatic rings. The molecule has 0 aromatic carbocycles. The first-order valence-corrected chi connectivity index (χ1v) is 11.4. The van der Waals surface area contributed by atoms with E-state index in [1.165, 1.54) is 16.6 Å². The van der Waals surface area contributed by atoms with Gasteiger partial charge in [-0.2, -0.15) is 0 Å². The first kappa shape index (κ1) is 19.9. The van der Waals surface area contributed by atoms with Gasteiger partial charge < -0.3 is 14.7 Å². The molecule has 29 heavy (non-hydrogen) atoms. The van der Waals surface area contributed by atoms with Gasteiger partial charge in [0.1, 0.15) is 15.9 Å². The maximum Gasteiger partial charge on any atom is 0.319 e. The maximum absolute atomic E-state index is 12.6. The normalized spacial score (nSPS) is 14.5. The number of ketones is 1. The number of thioether (sulfide) groups is 1. The van der Waals surface area contributed by atoms with Crippen molar-refractivity contribution in [3.63, 3.8) is 0 Å². The van der Waals surface area contributed by atoms with Gasteiger partial charge in [0, 0.05) is 11.1 Å². The fourth-order valence-corrected chi connectivity index (χ4v) is 5.41. The van der Waals surface area contributed by atoms with Crippen LogP contribution in [0.25, 0.3) is 10.2 Å². The number of fused-ring (bicyclic) bond motifs is 3. The highest BCUT2D eigenvalue weighted by molar-refractivity contribution is 7.99. The van der Waals surface area contributed by atoms with Crippen molar-refractivity contribution in [1.82, 2.24) is 15.0 Å². The smallest absolute Gasteiger partial charge is 0.319 e. The number of thiophene rings is 1. The summed E-state index contributed by atoms with van der Waals surface area (Å²) >= 11 is 2.92. The molecule has 0 amide bonds. The average Bonchev–Trinajstić information content (AvgIpc) is 3.37. The van der Waals surface area contributed by atoms with Crippen molar-refractivity contribution >= 4 is 45.1 Å². The second kappa shape index (κ2) is 8.54. The van der Waals surface area contributed by atoms with E-state index in [2.05, 4.69) is 15.0 Å². The van der Waals surface area contributed by atoms with Crippen LogP contribution in [0.5, 0.6) is 0 Å². The van der Waals surface area contributed by atoms with Gasteiger partial charge in [-0.1, -0.05) is 0 Å². The molecular weight excluding hydrogens is 410 g/mol. The van der Waals surface area contributed by atoms with E-state index < -0.39 is 11.2 Å². The number of carbonyl (C=O) groups is 2. The van der Waals surface area contributed by atoms with Crippen molar-refractivity contribution in [2.45, 2.75) is 43.6 Å². The van der Waals surface area contributed by atoms with Gasteiger partial charge >= 0.3 is 5.97 Å². The van der Waals surface area contributed by atoms with Crippen LogP contribution in [0, 0.1) is 0 Å². The number of ether oxygens (including phenoxy) is 1. The highest BCUT2D eigenvalue weighted by Gasteiger charge is 2.21. The summed E-state index contributed by atoms with van der Waals surface area (Å²) in [5, 5.41) is 0.248. The molecule has 3 aromatic rings. The highest BCUT2D eigenvalue weighted by atomic mass is 32.2. The molecule has 4 rings (SSSR count). The van der Waals surface area contributed by atoms with Gasteiger partial charge in [-0.15, -0.1) is 23.1 Å². The monoisotopic (exact) mass is 431 g/mol. The Bertz CT molecular complexity index is 1100. The molecule has 3 heterocycles. The summed E-state index contributed by atoms with van der Waals surface area (Å²) in [5.74, 6) is 0.186. The lowest BCUT2D eigenvalue weighted by molar-refractivity contribution is -0.141. The Labute approximate surface area is 175 Å². The zero-order valence-electron chi connectivity index (χ0n) is 15.9. The summed E-state index contributed by atoms with van der Waals surface area (Å²) in [6.45, 7) is 1.42. The van der Waals surface area contributed by atoms with Gasteiger partial charge in [0.25, 0.3) is 5.56 Å². The van der Waals surface area contributed by atoms with E-state index >= 15 is 0 Å². The molecule has 9 heteroatoms. The van der Waals surface area contributed by atoms with Crippen molar-refractivity contribution in [3.8, 4) is 0 Å². The van der Waals surface area contributed by atoms with Crippen LogP contribution in [0.4, 0.5) is 0 Å². The quantitative estimate of drug-likeness (QED) is 0.440. The molecule has 0 saturated carbocycles. The zero-order valence-corrected chi connectivity index (χ0v) is 17.6. The fraction of sp³-hybridized carbons (Fsp3) is 0.400. The van der Waals surface area contributed by atoms with Crippen LogP contribution < -0.4 is 5.56 Å². The third-order valence-corrected chi connectivity index (χ3v) is 7.24. The Hall–Kier alpha value is -2.39. The number of hydrogen-bond acceptors (Lipinski definition) is 7. The van der Waals surface area contributed by atoms with Gasteiger partial charge in [0.05, 0.1) is 16.8 Å². The number of carbonyl (C=O) groups excluding carboxylic acids is 2. The van der Waals surface area contributed by atoms with E-state index in [0.29, 0.717) is 17.3 Å². The largest absolute Gasteiger partial charge is 0.456 e. The minimum absolute atomic E-state index is 0.100. The molecule has 1 atom stereocenters. The van der Waals surface area contributed by atoms with Crippen molar-refractivity contribution in [2.75, 3.05) is 6.61 Å². The van der Waals surface area contributed by atoms with E-state index in [9.17, 15) is 14.4 Å². The molecule has 1 unspecified atom stereocenters. The van der Waals surface area contributed by atoms with Crippen LogP contribution in [0.3, 0.4) is 0 Å². The Kier molecular flexibility index (Phi) is 5.86. The number of Topliss-reactive ketones (excluding diaryl/α,β-unsaturated/α-hetero) is 1. The molecule has 152 valence electrons. The van der Waals surface area contributed by atoms with E-state index in [-0.39, 0.29) is 17.9 Å². The van der Waals surface area contributed by atoms with Crippen molar-refractivity contribution in [3.05, 3.63) is 50.6 Å². The molecule has 1 aliphatic carbocycles. The zero-order chi connectivity index (χ0) is 20.4. The first-order valence-electron chi connectivity index (χ1n) is 9.51. The molecule has 0 fully saturated rings. The number of nitrogens with zero attached hydrogens (tertiary/aromatic N) is 1. The minimum Gasteiger partial charge on any atom is -0.456 e. The third-order valence-electron chi connectivity index (χ3n) is 4.92. The number of H-pyrrole nitrogens is 2. The van der Waals surface area contributed by atoms with Gasteiger partial charge in [0.2, 0.25) is 5.78 Å². The lowest BCUT2D eigenvalue weighted by Gasteiger charge is -2.11. The summed E-state index contributed by atoms with van der Waals surface area (Å²) in [4.78, 5) is 48.9. The summed E-state index contributed by atoms with van der Waals surface area (Å²) in [6, 6.07) is 3.34. The number of rotatable bonds is 7. The number of aryl methyl sites for hydroxylation is 2. The third kappa shape index (κ3) is 4.30. The van der Waals surface area contributed by atoms with Crippen molar-refractivity contribution in [1.29, 1.82) is 0 Å². The SMILES string of the molecule is CC(SCc1nc2sc3c(c2c(=O)[nH]1)CCCC3)C(=O)OCC(=O)c1ccc[nH]1. The first-order chi connectivity index (χ1) is 14.0. The van der Waals surface area contributed by atoms with Gasteiger partial charge in [-0.3, -0.25) is 14.4 Å². The number of nitrogens with one attached hydrogen (secondary N) is 2. The predicted octanol–water partition coefficient (Wildman–Crippen LogP) is 3.24. The van der Waals surface area contributed by atoms with Crippen LogP contribution in [-0.2, 0) is 28.1 Å². The lowest BCUT2D eigenvalue weighted by atomic mass is 9.97. The van der Waals surface area contributed by atoms with E-state index in [4.69, 9.17) is 4.74 Å². The Morgan fingerprint density at radius 2 is 2.17 bits per heavy atom. The second-order valence-electron chi connectivity index (χ2n) is 6.97. The summed E-state index contributed by atoms with van der Waals surface area (Å²) < 4.78 is 5.11. The Balaban J connectivity index is 1.37. The van der Waals surface area contributed by atoms with Crippen LogP contribution in [-0.4, -0.2) is 38.6 Å². The molecule has 0 bridgehead atoms. The molecule has 2 N–H and O–H groups in total. The Morgan fingerprint density at radius 1 is 1.34 bits per heavy atom. The standard InChI is InChI=1S/C20H21N3O4S2/c1-11(20(26)27-9-14(24)13-6-4-8-21-13)28-10-16-22-18(25)17-12-5-2-3-7-15(12)29-19(17)23-16/h4,6,8,11,21H,2-3,5,7,9-10H2,1H3,(H,22,23,25). The topological polar surface area (TPSA) is 105 Å².